The topological polar surface area (TPSA) is 49.4 Å². The van der Waals surface area contributed by atoms with E-state index in [1.54, 1.807) is 31.3 Å². The van der Waals surface area contributed by atoms with Crippen molar-refractivity contribution in [3.8, 4) is 0 Å². The molecule has 0 saturated carbocycles. The molecule has 4 nitrogen and oxygen atoms in total. The molecule has 0 saturated heterocycles. The number of likely N-dealkylation sites (N-methyl/N-ethyl adjacent to an activating group) is 1. The van der Waals surface area contributed by atoms with Crippen molar-refractivity contribution in [2.24, 2.45) is 0 Å². The minimum absolute atomic E-state index is 0.0413. The molecule has 114 valence electrons. The van der Waals surface area contributed by atoms with Crippen molar-refractivity contribution < 1.29 is 9.59 Å². The number of carbonyl (C=O) groups is 2. The van der Waals surface area contributed by atoms with Gasteiger partial charge in [0.25, 0.3) is 5.91 Å². The standard InChI is InChI=1S/C18H20N2O2/c1-14-8-6-7-11-16(14)12-19-17(21)13-20(2)18(22)15-9-4-3-5-10-15/h3-11H,12-13H2,1-2H3,(H,19,21). The van der Waals surface area contributed by atoms with Crippen LogP contribution in [0.25, 0.3) is 0 Å². The Hall–Kier alpha value is -2.62. The molecule has 0 aliphatic rings. The Morgan fingerprint density at radius 2 is 1.64 bits per heavy atom. The van der Waals surface area contributed by atoms with E-state index in [-0.39, 0.29) is 18.4 Å². The number of nitrogens with one attached hydrogen (secondary N) is 1. The fourth-order valence-electron chi connectivity index (χ4n) is 2.15. The molecule has 1 N–H and O–H groups in total. The van der Waals surface area contributed by atoms with E-state index in [2.05, 4.69) is 5.32 Å². The van der Waals surface area contributed by atoms with Crippen LogP contribution in [0.1, 0.15) is 21.5 Å². The van der Waals surface area contributed by atoms with E-state index in [1.807, 2.05) is 37.3 Å². The highest BCUT2D eigenvalue weighted by Gasteiger charge is 2.14. The molecule has 0 aliphatic carbocycles. The summed E-state index contributed by atoms with van der Waals surface area (Å²) < 4.78 is 0. The van der Waals surface area contributed by atoms with Gasteiger partial charge in [0.15, 0.2) is 0 Å². The summed E-state index contributed by atoms with van der Waals surface area (Å²) in [6.07, 6.45) is 0. The fourth-order valence-corrected chi connectivity index (χ4v) is 2.15. The third kappa shape index (κ3) is 4.19. The van der Waals surface area contributed by atoms with Crippen LogP contribution in [0, 0.1) is 6.92 Å². The molecular weight excluding hydrogens is 276 g/mol. The van der Waals surface area contributed by atoms with Gasteiger partial charge in [0.05, 0.1) is 6.54 Å². The first kappa shape index (κ1) is 15.8. The quantitative estimate of drug-likeness (QED) is 0.921. The van der Waals surface area contributed by atoms with Gasteiger partial charge in [0, 0.05) is 19.2 Å². The maximum Gasteiger partial charge on any atom is 0.254 e. The Labute approximate surface area is 130 Å². The van der Waals surface area contributed by atoms with E-state index in [4.69, 9.17) is 0 Å². The van der Waals surface area contributed by atoms with Crippen LogP contribution in [0.3, 0.4) is 0 Å². The lowest BCUT2D eigenvalue weighted by atomic mass is 10.1. The highest BCUT2D eigenvalue weighted by atomic mass is 16.2. The largest absolute Gasteiger partial charge is 0.350 e. The molecular formula is C18H20N2O2. The molecule has 4 heteroatoms. The number of aryl methyl sites for hydroxylation is 1. The number of hydrogen-bond donors (Lipinski definition) is 1. The van der Waals surface area contributed by atoms with Crippen LogP contribution in [-0.2, 0) is 11.3 Å². The number of rotatable bonds is 5. The van der Waals surface area contributed by atoms with Gasteiger partial charge in [0.2, 0.25) is 5.91 Å². The van der Waals surface area contributed by atoms with Crippen LogP contribution in [0.4, 0.5) is 0 Å². The van der Waals surface area contributed by atoms with Gasteiger partial charge < -0.3 is 10.2 Å². The van der Waals surface area contributed by atoms with E-state index >= 15 is 0 Å². The average molecular weight is 296 g/mol. The highest BCUT2D eigenvalue weighted by Crippen LogP contribution is 2.06. The molecule has 0 unspecified atom stereocenters. The summed E-state index contributed by atoms with van der Waals surface area (Å²) in [5.74, 6) is -0.332. The molecule has 0 aromatic heterocycles. The van der Waals surface area contributed by atoms with Crippen LogP contribution in [-0.4, -0.2) is 30.3 Å². The van der Waals surface area contributed by atoms with Crippen molar-refractivity contribution in [3.05, 3.63) is 71.3 Å². The number of nitrogens with zero attached hydrogens (tertiary/aromatic N) is 1. The third-order valence-electron chi connectivity index (χ3n) is 3.49. The number of benzene rings is 2. The van der Waals surface area contributed by atoms with Gasteiger partial charge in [-0.1, -0.05) is 42.5 Å². The average Bonchev–Trinajstić information content (AvgIpc) is 2.54. The highest BCUT2D eigenvalue weighted by molar-refractivity contribution is 5.96. The molecule has 0 aliphatic heterocycles. The summed E-state index contributed by atoms with van der Waals surface area (Å²) in [4.78, 5) is 25.5. The minimum atomic E-state index is -0.171. The first-order valence-electron chi connectivity index (χ1n) is 7.19. The fraction of sp³-hybridized carbons (Fsp3) is 0.222. The molecule has 0 spiro atoms. The summed E-state index contributed by atoms with van der Waals surface area (Å²) in [7, 11) is 1.63. The van der Waals surface area contributed by atoms with E-state index in [0.29, 0.717) is 12.1 Å². The van der Waals surface area contributed by atoms with Crippen molar-refractivity contribution in [3.63, 3.8) is 0 Å². The van der Waals surface area contributed by atoms with Gasteiger partial charge in [0.1, 0.15) is 0 Å². The van der Waals surface area contributed by atoms with E-state index in [9.17, 15) is 9.59 Å². The smallest absolute Gasteiger partial charge is 0.254 e. The maximum absolute atomic E-state index is 12.2. The molecule has 22 heavy (non-hydrogen) atoms. The van der Waals surface area contributed by atoms with Gasteiger partial charge in [-0.3, -0.25) is 9.59 Å². The van der Waals surface area contributed by atoms with Crippen LogP contribution >= 0.6 is 0 Å². The monoisotopic (exact) mass is 296 g/mol. The zero-order chi connectivity index (χ0) is 15.9. The second-order valence-electron chi connectivity index (χ2n) is 5.23. The molecule has 0 fully saturated rings. The molecule has 0 bridgehead atoms. The van der Waals surface area contributed by atoms with Crippen LogP contribution < -0.4 is 5.32 Å². The predicted octanol–water partition coefficient (Wildman–Crippen LogP) is 2.38. The summed E-state index contributed by atoms with van der Waals surface area (Å²) in [6, 6.07) is 16.8. The van der Waals surface area contributed by atoms with Crippen molar-refractivity contribution in [2.75, 3.05) is 13.6 Å². The molecule has 2 amide bonds. The first-order chi connectivity index (χ1) is 10.6. The Morgan fingerprint density at radius 1 is 1.00 bits per heavy atom. The molecule has 2 aromatic carbocycles. The SMILES string of the molecule is Cc1ccccc1CNC(=O)CN(C)C(=O)c1ccccc1. The zero-order valence-corrected chi connectivity index (χ0v) is 12.9. The van der Waals surface area contributed by atoms with Crippen molar-refractivity contribution in [1.29, 1.82) is 0 Å². The first-order valence-corrected chi connectivity index (χ1v) is 7.19. The molecule has 0 atom stereocenters. The van der Waals surface area contributed by atoms with Gasteiger partial charge in [-0.2, -0.15) is 0 Å². The number of amides is 2. The number of carbonyl (C=O) groups excluding carboxylic acids is 2. The number of hydrogen-bond acceptors (Lipinski definition) is 2. The predicted molar refractivity (Wildman–Crippen MR) is 86.4 cm³/mol. The van der Waals surface area contributed by atoms with Crippen molar-refractivity contribution in [2.45, 2.75) is 13.5 Å². The Balaban J connectivity index is 1.87. The van der Waals surface area contributed by atoms with E-state index < -0.39 is 0 Å². The molecule has 0 radical (unpaired) electrons. The van der Waals surface area contributed by atoms with Crippen LogP contribution in [0.15, 0.2) is 54.6 Å². The molecule has 2 aromatic rings. The Bertz CT molecular complexity index is 653. The summed E-state index contributed by atoms with van der Waals surface area (Å²) in [5, 5.41) is 2.84. The Morgan fingerprint density at radius 3 is 2.32 bits per heavy atom. The van der Waals surface area contributed by atoms with Crippen LogP contribution in [0.5, 0.6) is 0 Å². The van der Waals surface area contributed by atoms with E-state index in [0.717, 1.165) is 11.1 Å². The second kappa shape index (κ2) is 7.41. The minimum Gasteiger partial charge on any atom is -0.350 e. The van der Waals surface area contributed by atoms with Crippen LogP contribution in [0.2, 0.25) is 0 Å². The normalized spacial score (nSPS) is 10.1. The Kier molecular flexibility index (Phi) is 5.31. The summed E-state index contributed by atoms with van der Waals surface area (Å²) in [6.45, 7) is 2.52. The summed E-state index contributed by atoms with van der Waals surface area (Å²) >= 11 is 0. The molecule has 0 heterocycles. The zero-order valence-electron chi connectivity index (χ0n) is 12.9. The van der Waals surface area contributed by atoms with E-state index in [1.165, 1.54) is 4.90 Å². The lowest BCUT2D eigenvalue weighted by Crippen LogP contribution is -2.38. The van der Waals surface area contributed by atoms with Gasteiger partial charge >= 0.3 is 0 Å². The van der Waals surface area contributed by atoms with Gasteiger partial charge in [-0.05, 0) is 30.2 Å². The van der Waals surface area contributed by atoms with Crippen molar-refractivity contribution >= 4 is 11.8 Å². The third-order valence-corrected chi connectivity index (χ3v) is 3.49. The lowest BCUT2D eigenvalue weighted by Gasteiger charge is -2.17. The van der Waals surface area contributed by atoms with Gasteiger partial charge in [-0.25, -0.2) is 0 Å². The van der Waals surface area contributed by atoms with Crippen molar-refractivity contribution in [1.82, 2.24) is 10.2 Å². The molecule has 2 rings (SSSR count). The maximum atomic E-state index is 12.2. The lowest BCUT2D eigenvalue weighted by molar-refractivity contribution is -0.121. The summed E-state index contributed by atoms with van der Waals surface area (Å²) in [5.41, 5.74) is 2.79. The van der Waals surface area contributed by atoms with Gasteiger partial charge in [-0.15, -0.1) is 0 Å². The second-order valence-corrected chi connectivity index (χ2v) is 5.23.